The van der Waals surface area contributed by atoms with Gasteiger partial charge < -0.3 is 18.9 Å². The average molecular weight is 683 g/mol. The second-order valence-corrected chi connectivity index (χ2v) is 11.6. The van der Waals surface area contributed by atoms with Gasteiger partial charge in [0, 0.05) is 57.1 Å². The molecule has 6 heterocycles. The standard InChI is InChI=1S/C19H21N3O2.C12H14IN3O2/c1-23-19-17-12-20-18(15-7-9-24-10-8-15)22(17)13-16(21-19)11-14-5-3-2-4-6-14;1-17-12-9-6-14-11(8-2-4-18-5-3-8)16(9)7-10(13)15-12/h2-6,12-13,15H,7-11H2,1H3;6-8H,2-5H2,1H3. The SMILES string of the molecule is COc1nc(Cc2ccccc2)cn2c(C3CCOCC3)ncc12.COc1nc(I)cn2c(C3CCOCC3)ncc12. The zero-order valence-electron chi connectivity index (χ0n) is 23.9. The molecular formula is C31H35IN6O4. The zero-order chi connectivity index (χ0) is 28.9. The number of imidazole rings is 2. The van der Waals surface area contributed by atoms with E-state index in [0.29, 0.717) is 23.6 Å². The molecule has 5 aromatic rings. The van der Waals surface area contributed by atoms with Crippen LogP contribution in [0.15, 0.2) is 55.1 Å². The molecule has 2 fully saturated rings. The minimum Gasteiger partial charge on any atom is -0.479 e. The smallest absolute Gasteiger partial charge is 0.240 e. The average Bonchev–Trinajstić information content (AvgIpc) is 3.67. The lowest BCUT2D eigenvalue weighted by atomic mass is 9.99. The number of hydrogen-bond donors (Lipinski definition) is 0. The number of benzene rings is 1. The van der Waals surface area contributed by atoms with Crippen molar-refractivity contribution in [3.63, 3.8) is 0 Å². The molecule has 0 unspecified atom stereocenters. The van der Waals surface area contributed by atoms with Crippen LogP contribution in [0.3, 0.4) is 0 Å². The van der Waals surface area contributed by atoms with Crippen LogP contribution >= 0.6 is 22.6 Å². The van der Waals surface area contributed by atoms with E-state index in [1.807, 2.05) is 24.7 Å². The van der Waals surface area contributed by atoms with Gasteiger partial charge in [0.1, 0.15) is 26.4 Å². The van der Waals surface area contributed by atoms with Crippen LogP contribution in [-0.4, -0.2) is 69.4 Å². The third-order valence-corrected chi connectivity index (χ3v) is 8.36. The summed E-state index contributed by atoms with van der Waals surface area (Å²) >= 11 is 2.20. The maximum atomic E-state index is 5.51. The van der Waals surface area contributed by atoms with Gasteiger partial charge in [-0.05, 0) is 53.8 Å². The second-order valence-electron chi connectivity index (χ2n) is 10.5. The third kappa shape index (κ3) is 6.23. The number of methoxy groups -OCH3 is 2. The summed E-state index contributed by atoms with van der Waals surface area (Å²) in [6.45, 7) is 3.25. The fourth-order valence-electron chi connectivity index (χ4n) is 5.70. The van der Waals surface area contributed by atoms with E-state index >= 15 is 0 Å². The summed E-state index contributed by atoms with van der Waals surface area (Å²) < 4.78 is 26.9. The lowest BCUT2D eigenvalue weighted by Gasteiger charge is -2.21. The Hall–Kier alpha value is -3.29. The van der Waals surface area contributed by atoms with Crippen LogP contribution in [0, 0.1) is 3.70 Å². The van der Waals surface area contributed by atoms with Crippen molar-refractivity contribution < 1.29 is 18.9 Å². The van der Waals surface area contributed by atoms with Gasteiger partial charge >= 0.3 is 0 Å². The molecule has 0 atom stereocenters. The monoisotopic (exact) mass is 682 g/mol. The molecule has 0 saturated carbocycles. The molecule has 11 heteroatoms. The van der Waals surface area contributed by atoms with Gasteiger partial charge in [-0.25, -0.2) is 19.9 Å². The minimum atomic E-state index is 0.429. The molecule has 7 rings (SSSR count). The number of aromatic nitrogens is 6. The van der Waals surface area contributed by atoms with Gasteiger partial charge in [0.15, 0.2) is 0 Å². The number of ether oxygens (including phenoxy) is 4. The first kappa shape index (κ1) is 28.8. The minimum absolute atomic E-state index is 0.429. The van der Waals surface area contributed by atoms with Gasteiger partial charge in [-0.1, -0.05) is 30.3 Å². The Balaban J connectivity index is 0.000000157. The van der Waals surface area contributed by atoms with Gasteiger partial charge in [-0.2, -0.15) is 0 Å². The van der Waals surface area contributed by atoms with Crippen molar-refractivity contribution in [1.82, 2.24) is 28.7 Å². The first-order valence-electron chi connectivity index (χ1n) is 14.3. The van der Waals surface area contributed by atoms with Gasteiger partial charge in [0.2, 0.25) is 11.8 Å². The first-order chi connectivity index (χ1) is 20.6. The van der Waals surface area contributed by atoms with Crippen molar-refractivity contribution in [1.29, 1.82) is 0 Å². The highest BCUT2D eigenvalue weighted by molar-refractivity contribution is 14.1. The van der Waals surface area contributed by atoms with Crippen LogP contribution in [0.2, 0.25) is 0 Å². The molecule has 0 spiro atoms. The highest BCUT2D eigenvalue weighted by Gasteiger charge is 2.23. The van der Waals surface area contributed by atoms with Crippen LogP contribution in [0.25, 0.3) is 11.0 Å². The van der Waals surface area contributed by atoms with Gasteiger partial charge in [0.25, 0.3) is 0 Å². The largest absolute Gasteiger partial charge is 0.479 e. The Morgan fingerprint density at radius 3 is 1.83 bits per heavy atom. The lowest BCUT2D eigenvalue weighted by Crippen LogP contribution is -2.16. The molecule has 0 amide bonds. The van der Waals surface area contributed by atoms with Crippen molar-refractivity contribution in [3.8, 4) is 11.8 Å². The van der Waals surface area contributed by atoms with Crippen molar-refractivity contribution in [3.05, 3.63) is 81.7 Å². The van der Waals surface area contributed by atoms with Crippen LogP contribution in [-0.2, 0) is 15.9 Å². The van der Waals surface area contributed by atoms with E-state index in [0.717, 1.165) is 90.6 Å². The molecule has 220 valence electrons. The fraction of sp³-hybridized carbons (Fsp3) is 0.419. The summed E-state index contributed by atoms with van der Waals surface area (Å²) in [5.74, 6) is 4.33. The lowest BCUT2D eigenvalue weighted by molar-refractivity contribution is 0.0834. The van der Waals surface area contributed by atoms with E-state index in [-0.39, 0.29) is 0 Å². The van der Waals surface area contributed by atoms with E-state index in [9.17, 15) is 0 Å². The Kier molecular flexibility index (Phi) is 9.15. The normalized spacial score (nSPS) is 16.4. The van der Waals surface area contributed by atoms with Crippen LogP contribution in [0.4, 0.5) is 0 Å². The highest BCUT2D eigenvalue weighted by Crippen LogP contribution is 2.30. The predicted molar refractivity (Wildman–Crippen MR) is 167 cm³/mol. The van der Waals surface area contributed by atoms with Gasteiger partial charge in [-0.3, -0.25) is 8.80 Å². The summed E-state index contributed by atoms with van der Waals surface area (Å²) in [6.07, 6.45) is 12.7. The summed E-state index contributed by atoms with van der Waals surface area (Å²) in [5.41, 5.74) is 4.08. The summed E-state index contributed by atoms with van der Waals surface area (Å²) in [5, 5.41) is 0. The summed E-state index contributed by atoms with van der Waals surface area (Å²) in [7, 11) is 3.30. The molecular weight excluding hydrogens is 647 g/mol. The highest BCUT2D eigenvalue weighted by atomic mass is 127. The Labute approximate surface area is 258 Å². The molecule has 10 nitrogen and oxygen atoms in total. The molecule has 0 aliphatic carbocycles. The van der Waals surface area contributed by atoms with Crippen molar-refractivity contribution in [2.75, 3.05) is 40.6 Å². The molecule has 1 aromatic carbocycles. The van der Waals surface area contributed by atoms with E-state index in [2.05, 4.69) is 81.8 Å². The molecule has 0 N–H and O–H groups in total. The zero-order valence-corrected chi connectivity index (χ0v) is 26.1. The first-order valence-corrected chi connectivity index (χ1v) is 15.4. The summed E-state index contributed by atoms with van der Waals surface area (Å²) in [4.78, 5) is 18.2. The van der Waals surface area contributed by atoms with Crippen LogP contribution in [0.1, 0.15) is 60.4 Å². The maximum Gasteiger partial charge on any atom is 0.240 e. The molecule has 42 heavy (non-hydrogen) atoms. The molecule has 2 saturated heterocycles. The van der Waals surface area contributed by atoms with E-state index in [4.69, 9.17) is 18.9 Å². The Morgan fingerprint density at radius 2 is 1.29 bits per heavy atom. The van der Waals surface area contributed by atoms with E-state index < -0.39 is 0 Å². The topological polar surface area (TPSA) is 97.3 Å². The van der Waals surface area contributed by atoms with Crippen LogP contribution < -0.4 is 9.47 Å². The second kappa shape index (κ2) is 13.3. The summed E-state index contributed by atoms with van der Waals surface area (Å²) in [6, 6.07) is 10.4. The Morgan fingerprint density at radius 1 is 0.762 bits per heavy atom. The molecule has 4 aromatic heterocycles. The van der Waals surface area contributed by atoms with Crippen molar-refractivity contribution in [2.24, 2.45) is 0 Å². The maximum absolute atomic E-state index is 5.51. The van der Waals surface area contributed by atoms with E-state index in [1.54, 1.807) is 14.2 Å². The van der Waals surface area contributed by atoms with Crippen molar-refractivity contribution in [2.45, 2.75) is 43.9 Å². The third-order valence-electron chi connectivity index (χ3n) is 7.84. The molecule has 2 aliphatic heterocycles. The van der Waals surface area contributed by atoms with Crippen molar-refractivity contribution >= 4 is 33.6 Å². The molecule has 2 aliphatic rings. The Bertz CT molecular complexity index is 1630. The molecule has 0 radical (unpaired) electrons. The number of nitrogens with zero attached hydrogens (tertiary/aromatic N) is 6. The fourth-order valence-corrected chi connectivity index (χ4v) is 6.20. The number of hydrogen-bond acceptors (Lipinski definition) is 8. The molecule has 0 bridgehead atoms. The van der Waals surface area contributed by atoms with E-state index in [1.165, 1.54) is 5.56 Å². The predicted octanol–water partition coefficient (Wildman–Crippen LogP) is 5.46. The van der Waals surface area contributed by atoms with Gasteiger partial charge in [-0.15, -0.1) is 0 Å². The van der Waals surface area contributed by atoms with Gasteiger partial charge in [0.05, 0.1) is 32.3 Å². The quantitative estimate of drug-likeness (QED) is 0.218. The number of rotatable bonds is 6. The number of halogens is 1. The number of fused-ring (bicyclic) bond motifs is 2. The van der Waals surface area contributed by atoms with Crippen LogP contribution in [0.5, 0.6) is 11.8 Å².